The van der Waals surface area contributed by atoms with Gasteiger partial charge in [-0.3, -0.25) is 4.98 Å². The van der Waals surface area contributed by atoms with E-state index >= 15 is 0 Å². The van der Waals surface area contributed by atoms with Crippen LogP contribution in [0.3, 0.4) is 0 Å². The number of fused-ring (bicyclic) bond motifs is 1. The summed E-state index contributed by atoms with van der Waals surface area (Å²) in [4.78, 5) is 8.36. The van der Waals surface area contributed by atoms with E-state index in [9.17, 15) is 8.42 Å². The van der Waals surface area contributed by atoms with Gasteiger partial charge in [-0.2, -0.15) is 0 Å². The quantitative estimate of drug-likeness (QED) is 0.523. The molecule has 3 aromatic rings. The van der Waals surface area contributed by atoms with Gasteiger partial charge in [-0.25, -0.2) is 8.42 Å². The van der Waals surface area contributed by atoms with Crippen molar-refractivity contribution in [1.82, 2.24) is 9.97 Å². The van der Waals surface area contributed by atoms with Crippen molar-refractivity contribution in [1.29, 1.82) is 0 Å². The molecule has 6 nitrogen and oxygen atoms in total. The van der Waals surface area contributed by atoms with Crippen LogP contribution in [0.1, 0.15) is 0 Å². The van der Waals surface area contributed by atoms with E-state index in [1.54, 1.807) is 18.2 Å². The summed E-state index contributed by atoms with van der Waals surface area (Å²) < 4.78 is 28.0. The Kier molecular flexibility index (Phi) is 5.02. The van der Waals surface area contributed by atoms with E-state index < -0.39 is 10.0 Å². The van der Waals surface area contributed by atoms with Crippen LogP contribution in [-0.4, -0.2) is 18.4 Å². The second kappa shape index (κ2) is 6.62. The maximum Gasteiger partial charge on any atom is 1.00 e. The molecule has 0 aliphatic carbocycles. The standard InChI is InChI=1S/C14H11N4O2S.Na/c15-10-5-7-11(8-6-10)21(19,20)18-14-9-16-12-3-1-2-4-13(12)17-14;/h1-9H,15H2;/q-1;+1. The van der Waals surface area contributed by atoms with Crippen LogP contribution in [0.4, 0.5) is 11.5 Å². The molecule has 0 amide bonds. The van der Waals surface area contributed by atoms with Crippen molar-refractivity contribution >= 4 is 32.6 Å². The van der Waals surface area contributed by atoms with E-state index in [-0.39, 0.29) is 40.3 Å². The maximum atomic E-state index is 12.2. The summed E-state index contributed by atoms with van der Waals surface area (Å²) in [5, 5.41) is 0. The largest absolute Gasteiger partial charge is 1.00 e. The molecule has 0 atom stereocenters. The normalized spacial score (nSPS) is 10.9. The fourth-order valence-corrected chi connectivity index (χ4v) is 2.73. The van der Waals surface area contributed by atoms with Gasteiger partial charge in [0.15, 0.2) is 0 Å². The Morgan fingerprint density at radius 2 is 1.59 bits per heavy atom. The first-order chi connectivity index (χ1) is 10.0. The number of aromatic nitrogens is 2. The summed E-state index contributed by atoms with van der Waals surface area (Å²) in [6.07, 6.45) is 1.33. The predicted octanol–water partition coefficient (Wildman–Crippen LogP) is -0.390. The number of anilines is 1. The van der Waals surface area contributed by atoms with Crippen LogP contribution in [-0.2, 0) is 10.0 Å². The van der Waals surface area contributed by atoms with Crippen LogP contribution in [0.2, 0.25) is 0 Å². The van der Waals surface area contributed by atoms with Crippen LogP contribution in [0, 0.1) is 0 Å². The van der Waals surface area contributed by atoms with Gasteiger partial charge in [-0.05, 0) is 41.7 Å². The van der Waals surface area contributed by atoms with Gasteiger partial charge in [0, 0.05) is 11.9 Å². The Morgan fingerprint density at radius 3 is 2.27 bits per heavy atom. The topological polar surface area (TPSA) is 100 Å². The molecule has 0 unspecified atom stereocenters. The van der Waals surface area contributed by atoms with Crippen LogP contribution in [0.15, 0.2) is 59.6 Å². The molecule has 8 heteroatoms. The molecule has 22 heavy (non-hydrogen) atoms. The van der Waals surface area contributed by atoms with Crippen molar-refractivity contribution < 1.29 is 38.0 Å². The second-order valence-corrected chi connectivity index (χ2v) is 5.96. The van der Waals surface area contributed by atoms with Gasteiger partial charge >= 0.3 is 29.6 Å². The average molecular weight is 322 g/mol. The van der Waals surface area contributed by atoms with E-state index in [2.05, 4.69) is 14.7 Å². The molecule has 0 radical (unpaired) electrons. The molecule has 2 aromatic carbocycles. The zero-order chi connectivity index (χ0) is 14.9. The zero-order valence-electron chi connectivity index (χ0n) is 11.8. The third-order valence-electron chi connectivity index (χ3n) is 2.83. The number of rotatable bonds is 3. The molecule has 0 saturated carbocycles. The Labute approximate surface area is 150 Å². The summed E-state index contributed by atoms with van der Waals surface area (Å²) in [5.41, 5.74) is 7.29. The summed E-state index contributed by atoms with van der Waals surface area (Å²) in [5.74, 6) is 0.0468. The predicted molar refractivity (Wildman–Crippen MR) is 80.6 cm³/mol. The number of hydrogen-bond donors (Lipinski definition) is 1. The molecule has 2 N–H and O–H groups in total. The van der Waals surface area contributed by atoms with E-state index in [1.807, 2.05) is 6.07 Å². The Hall–Kier alpha value is -1.67. The van der Waals surface area contributed by atoms with Crippen molar-refractivity contribution in [3.05, 3.63) is 59.4 Å². The number of para-hydroxylation sites is 2. The molecule has 106 valence electrons. The Balaban J connectivity index is 0.00000176. The zero-order valence-corrected chi connectivity index (χ0v) is 14.7. The minimum absolute atomic E-state index is 0. The Bertz CT molecular complexity index is 898. The smallest absolute Gasteiger partial charge is 0.433 e. The van der Waals surface area contributed by atoms with Crippen LogP contribution >= 0.6 is 0 Å². The van der Waals surface area contributed by atoms with Gasteiger partial charge in [-0.15, -0.1) is 0 Å². The number of sulfonamides is 1. The van der Waals surface area contributed by atoms with E-state index in [0.29, 0.717) is 16.7 Å². The average Bonchev–Trinajstić information content (AvgIpc) is 2.47. The van der Waals surface area contributed by atoms with Crippen molar-refractivity contribution in [2.75, 3.05) is 5.73 Å². The van der Waals surface area contributed by atoms with Crippen molar-refractivity contribution in [3.63, 3.8) is 0 Å². The first-order valence-electron chi connectivity index (χ1n) is 6.10. The van der Waals surface area contributed by atoms with Gasteiger partial charge in [0.1, 0.15) is 0 Å². The van der Waals surface area contributed by atoms with Gasteiger partial charge in [0.05, 0.1) is 10.4 Å². The SMILES string of the molecule is Nc1ccc(S(=O)(=O)[N-]c2cnc3ccccc3n2)cc1.[Na+]. The number of nitrogen functional groups attached to an aromatic ring is 1. The monoisotopic (exact) mass is 322 g/mol. The van der Waals surface area contributed by atoms with Crippen molar-refractivity contribution in [2.24, 2.45) is 0 Å². The van der Waals surface area contributed by atoms with Crippen molar-refractivity contribution in [3.8, 4) is 0 Å². The molecule has 3 rings (SSSR count). The molecular formula is C14H11N4NaO2S. The van der Waals surface area contributed by atoms with E-state index in [4.69, 9.17) is 5.73 Å². The summed E-state index contributed by atoms with van der Waals surface area (Å²) >= 11 is 0. The van der Waals surface area contributed by atoms with Crippen LogP contribution in [0.5, 0.6) is 0 Å². The molecule has 0 aliphatic rings. The first kappa shape index (κ1) is 16.7. The van der Waals surface area contributed by atoms with Gasteiger partial charge in [-0.1, -0.05) is 18.2 Å². The summed E-state index contributed by atoms with van der Waals surface area (Å²) in [6.45, 7) is 0. The molecule has 0 aliphatic heterocycles. The molecule has 1 heterocycles. The second-order valence-electron chi connectivity index (χ2n) is 4.35. The third kappa shape index (κ3) is 3.56. The summed E-state index contributed by atoms with van der Waals surface area (Å²) in [6, 6.07) is 13.0. The van der Waals surface area contributed by atoms with E-state index in [0.717, 1.165) is 0 Å². The van der Waals surface area contributed by atoms with E-state index in [1.165, 1.54) is 30.5 Å². The minimum Gasteiger partial charge on any atom is -0.433 e. The Morgan fingerprint density at radius 1 is 0.955 bits per heavy atom. The molecular weight excluding hydrogens is 311 g/mol. The molecule has 0 spiro atoms. The first-order valence-corrected chi connectivity index (χ1v) is 7.54. The molecule has 0 fully saturated rings. The number of nitrogens with zero attached hydrogens (tertiary/aromatic N) is 3. The van der Waals surface area contributed by atoms with Crippen LogP contribution < -0.4 is 35.3 Å². The fourth-order valence-electron chi connectivity index (χ4n) is 1.81. The van der Waals surface area contributed by atoms with Crippen molar-refractivity contribution in [2.45, 2.75) is 4.90 Å². The minimum atomic E-state index is -3.83. The van der Waals surface area contributed by atoms with Gasteiger partial charge < -0.3 is 15.4 Å². The maximum absolute atomic E-state index is 12.2. The third-order valence-corrected chi connectivity index (χ3v) is 4.12. The number of hydrogen-bond acceptors (Lipinski definition) is 5. The van der Waals surface area contributed by atoms with Gasteiger partial charge in [0.2, 0.25) is 10.0 Å². The van der Waals surface area contributed by atoms with Crippen LogP contribution in [0.25, 0.3) is 15.8 Å². The fraction of sp³-hybridized carbons (Fsp3) is 0. The molecule has 0 saturated heterocycles. The summed E-state index contributed by atoms with van der Waals surface area (Å²) in [7, 11) is -3.83. The number of benzene rings is 2. The molecule has 0 bridgehead atoms. The molecule has 1 aromatic heterocycles. The van der Waals surface area contributed by atoms with Gasteiger partial charge in [0.25, 0.3) is 0 Å². The number of nitrogens with two attached hydrogens (primary N) is 1.